The molecule has 6 nitrogen and oxygen atoms in total. The van der Waals surface area contributed by atoms with Gasteiger partial charge >= 0.3 is 0 Å². The Morgan fingerprint density at radius 1 is 1.06 bits per heavy atom. The Labute approximate surface area is 193 Å². The van der Waals surface area contributed by atoms with Gasteiger partial charge in [-0.15, -0.1) is 0 Å². The second kappa shape index (κ2) is 10.7. The molecule has 31 heavy (non-hydrogen) atoms. The average Bonchev–Trinajstić information content (AvgIpc) is 2.75. The van der Waals surface area contributed by atoms with Gasteiger partial charge in [0.05, 0.1) is 11.4 Å². The molecule has 8 heteroatoms. The van der Waals surface area contributed by atoms with E-state index in [1.807, 2.05) is 24.8 Å². The van der Waals surface area contributed by atoms with Crippen molar-refractivity contribution in [2.24, 2.45) is 0 Å². The van der Waals surface area contributed by atoms with Gasteiger partial charge in [-0.3, -0.25) is 9.59 Å². The van der Waals surface area contributed by atoms with Gasteiger partial charge in [-0.1, -0.05) is 30.1 Å². The number of hydrogen-bond donors (Lipinski definition) is 1. The zero-order valence-electron chi connectivity index (χ0n) is 17.8. The first-order valence-corrected chi connectivity index (χ1v) is 11.1. The molecule has 1 aliphatic heterocycles. The summed E-state index contributed by atoms with van der Waals surface area (Å²) in [5, 5.41) is 4.08. The number of rotatable bonds is 7. The molecule has 2 aromatic rings. The molecule has 0 aliphatic carbocycles. The Balaban J connectivity index is 1.62. The van der Waals surface area contributed by atoms with Gasteiger partial charge in [0.15, 0.2) is 6.61 Å². The van der Waals surface area contributed by atoms with Crippen molar-refractivity contribution in [3.8, 4) is 5.75 Å². The molecule has 1 saturated heterocycles. The van der Waals surface area contributed by atoms with Crippen LogP contribution in [0.4, 0.5) is 11.4 Å². The summed E-state index contributed by atoms with van der Waals surface area (Å²) in [6.45, 7) is 6.47. The van der Waals surface area contributed by atoms with Crippen LogP contribution in [0, 0.1) is 6.92 Å². The van der Waals surface area contributed by atoms with Crippen LogP contribution < -0.4 is 15.0 Å². The topological polar surface area (TPSA) is 61.9 Å². The van der Waals surface area contributed by atoms with Crippen molar-refractivity contribution in [3.05, 3.63) is 52.0 Å². The Kier molecular flexibility index (Phi) is 8.04. The van der Waals surface area contributed by atoms with Crippen molar-refractivity contribution < 1.29 is 14.3 Å². The highest BCUT2D eigenvalue weighted by atomic mass is 35.5. The summed E-state index contributed by atoms with van der Waals surface area (Å²) >= 11 is 12.2. The standard InChI is InChI=1S/C23H27Cl2N3O3/c1-3-4-23(30)28-11-9-27(10-12-28)21-8-5-17(24)14-20(21)26-22(29)15-31-18-6-7-19(25)16(2)13-18/h5-8,13-14H,3-4,9-12,15H2,1-2H3,(H,26,29). The summed E-state index contributed by atoms with van der Waals surface area (Å²) in [5.74, 6) is 0.491. The van der Waals surface area contributed by atoms with Crippen molar-refractivity contribution >= 4 is 46.4 Å². The molecular formula is C23H27Cl2N3O3. The van der Waals surface area contributed by atoms with E-state index in [9.17, 15) is 9.59 Å². The van der Waals surface area contributed by atoms with Crippen molar-refractivity contribution in [1.29, 1.82) is 0 Å². The average molecular weight is 464 g/mol. The molecule has 0 saturated carbocycles. The highest BCUT2D eigenvalue weighted by Crippen LogP contribution is 2.30. The Bertz CT molecular complexity index is 944. The minimum Gasteiger partial charge on any atom is -0.484 e. The lowest BCUT2D eigenvalue weighted by Crippen LogP contribution is -2.49. The van der Waals surface area contributed by atoms with Gasteiger partial charge in [-0.2, -0.15) is 0 Å². The van der Waals surface area contributed by atoms with Gasteiger partial charge in [-0.25, -0.2) is 0 Å². The van der Waals surface area contributed by atoms with Crippen molar-refractivity contribution in [3.63, 3.8) is 0 Å². The zero-order valence-corrected chi connectivity index (χ0v) is 19.3. The van der Waals surface area contributed by atoms with Gasteiger partial charge in [0, 0.05) is 42.6 Å². The monoisotopic (exact) mass is 463 g/mol. The predicted molar refractivity (Wildman–Crippen MR) is 125 cm³/mol. The molecule has 1 aliphatic rings. The van der Waals surface area contributed by atoms with Gasteiger partial charge in [0.25, 0.3) is 5.91 Å². The maximum Gasteiger partial charge on any atom is 0.262 e. The molecule has 1 heterocycles. The van der Waals surface area contributed by atoms with E-state index in [1.165, 1.54) is 0 Å². The predicted octanol–water partition coefficient (Wildman–Crippen LogP) is 4.77. The highest BCUT2D eigenvalue weighted by Gasteiger charge is 2.22. The lowest BCUT2D eigenvalue weighted by atomic mass is 10.2. The van der Waals surface area contributed by atoms with E-state index in [1.54, 1.807) is 30.3 Å². The lowest BCUT2D eigenvalue weighted by molar-refractivity contribution is -0.131. The molecule has 3 rings (SSSR count). The molecule has 0 radical (unpaired) electrons. The van der Waals surface area contributed by atoms with Crippen molar-refractivity contribution in [2.75, 3.05) is 43.0 Å². The third kappa shape index (κ3) is 6.28. The molecule has 166 valence electrons. The molecular weight excluding hydrogens is 437 g/mol. The molecule has 0 unspecified atom stereocenters. The number of ether oxygens (including phenoxy) is 1. The van der Waals surface area contributed by atoms with Crippen LogP contribution in [0.1, 0.15) is 25.3 Å². The zero-order chi connectivity index (χ0) is 22.4. The first-order chi connectivity index (χ1) is 14.9. The molecule has 1 fully saturated rings. The van der Waals surface area contributed by atoms with E-state index >= 15 is 0 Å². The minimum atomic E-state index is -0.284. The Morgan fingerprint density at radius 3 is 2.48 bits per heavy atom. The van der Waals surface area contributed by atoms with Gasteiger partial charge in [-0.05, 0) is 55.3 Å². The third-order valence-electron chi connectivity index (χ3n) is 5.17. The number of carbonyl (C=O) groups is 2. The summed E-state index contributed by atoms with van der Waals surface area (Å²) in [7, 11) is 0. The number of aryl methyl sites for hydroxylation is 1. The second-order valence-corrected chi connectivity index (χ2v) is 8.37. The van der Waals surface area contributed by atoms with Crippen LogP contribution in [-0.2, 0) is 9.59 Å². The third-order valence-corrected chi connectivity index (χ3v) is 5.83. The quantitative estimate of drug-likeness (QED) is 0.642. The van der Waals surface area contributed by atoms with Crippen LogP contribution in [0.5, 0.6) is 5.75 Å². The van der Waals surface area contributed by atoms with E-state index in [4.69, 9.17) is 27.9 Å². The SMILES string of the molecule is CCCC(=O)N1CCN(c2ccc(Cl)cc2NC(=O)COc2ccc(Cl)c(C)c2)CC1. The molecule has 0 atom stereocenters. The number of anilines is 2. The number of benzene rings is 2. The minimum absolute atomic E-state index is 0.133. The van der Waals surface area contributed by atoms with E-state index in [-0.39, 0.29) is 18.4 Å². The van der Waals surface area contributed by atoms with Crippen LogP contribution >= 0.6 is 23.2 Å². The Morgan fingerprint density at radius 2 is 1.81 bits per heavy atom. The smallest absolute Gasteiger partial charge is 0.262 e. The maximum absolute atomic E-state index is 12.5. The summed E-state index contributed by atoms with van der Waals surface area (Å²) in [6.07, 6.45) is 1.43. The number of nitrogens with zero attached hydrogens (tertiary/aromatic N) is 2. The van der Waals surface area contributed by atoms with Crippen molar-refractivity contribution in [2.45, 2.75) is 26.7 Å². The number of amides is 2. The highest BCUT2D eigenvalue weighted by molar-refractivity contribution is 6.31. The lowest BCUT2D eigenvalue weighted by Gasteiger charge is -2.37. The molecule has 2 aromatic carbocycles. The number of nitrogens with one attached hydrogen (secondary N) is 1. The Hall–Kier alpha value is -2.44. The van der Waals surface area contributed by atoms with Crippen LogP contribution in [0.25, 0.3) is 0 Å². The van der Waals surface area contributed by atoms with Crippen LogP contribution in [0.15, 0.2) is 36.4 Å². The summed E-state index contributed by atoms with van der Waals surface area (Å²) in [4.78, 5) is 28.7. The van der Waals surface area contributed by atoms with Gasteiger partial charge in [0.1, 0.15) is 5.75 Å². The van der Waals surface area contributed by atoms with E-state index in [0.29, 0.717) is 54.1 Å². The molecule has 0 aromatic heterocycles. The van der Waals surface area contributed by atoms with Crippen molar-refractivity contribution in [1.82, 2.24) is 4.90 Å². The number of piperazine rings is 1. The fourth-order valence-corrected chi connectivity index (χ4v) is 3.78. The van der Waals surface area contributed by atoms with E-state index in [2.05, 4.69) is 10.2 Å². The summed E-state index contributed by atoms with van der Waals surface area (Å²) in [6, 6.07) is 10.7. The molecule has 2 amide bonds. The summed E-state index contributed by atoms with van der Waals surface area (Å²) < 4.78 is 5.59. The molecule has 0 bridgehead atoms. The fraction of sp³-hybridized carbons (Fsp3) is 0.391. The number of hydrogen-bond acceptors (Lipinski definition) is 4. The normalized spacial score (nSPS) is 13.8. The summed E-state index contributed by atoms with van der Waals surface area (Å²) in [5.41, 5.74) is 2.39. The van der Waals surface area contributed by atoms with Gasteiger partial charge < -0.3 is 19.9 Å². The number of carbonyl (C=O) groups excluding carboxylic acids is 2. The molecule has 1 N–H and O–H groups in total. The largest absolute Gasteiger partial charge is 0.484 e. The molecule has 0 spiro atoms. The van der Waals surface area contributed by atoms with E-state index in [0.717, 1.165) is 17.7 Å². The number of halogens is 2. The first kappa shape index (κ1) is 23.2. The van der Waals surface area contributed by atoms with E-state index < -0.39 is 0 Å². The first-order valence-electron chi connectivity index (χ1n) is 10.4. The second-order valence-electron chi connectivity index (χ2n) is 7.53. The van der Waals surface area contributed by atoms with Crippen LogP contribution in [-0.4, -0.2) is 49.5 Å². The maximum atomic E-state index is 12.5. The fourth-order valence-electron chi connectivity index (χ4n) is 3.50. The van der Waals surface area contributed by atoms with Crippen LogP contribution in [0.2, 0.25) is 10.0 Å². The van der Waals surface area contributed by atoms with Crippen LogP contribution in [0.3, 0.4) is 0 Å². The van der Waals surface area contributed by atoms with Gasteiger partial charge in [0.2, 0.25) is 5.91 Å².